The van der Waals surface area contributed by atoms with Crippen LogP contribution in [0.15, 0.2) is 18.2 Å². The van der Waals surface area contributed by atoms with Crippen molar-refractivity contribution >= 4 is 0 Å². The largest absolute Gasteiger partial charge is 0.872 e. The van der Waals surface area contributed by atoms with Crippen LogP contribution in [-0.4, -0.2) is 11.2 Å². The molecule has 0 heterocycles. The fourth-order valence-corrected chi connectivity index (χ4v) is 5.53. The fourth-order valence-electron chi connectivity index (χ4n) is 5.53. The average molecular weight is 271 g/mol. The van der Waals surface area contributed by atoms with Crippen LogP contribution in [0.2, 0.25) is 0 Å². The van der Waals surface area contributed by atoms with Crippen LogP contribution in [0.1, 0.15) is 56.1 Å². The minimum atomic E-state index is -0.0983. The van der Waals surface area contributed by atoms with Crippen molar-refractivity contribution in [2.45, 2.75) is 57.5 Å². The van der Waals surface area contributed by atoms with Gasteiger partial charge in [0.25, 0.3) is 0 Å². The summed E-state index contributed by atoms with van der Waals surface area (Å²) in [6, 6.07) is 5.67. The molecule has 0 spiro atoms. The topological polar surface area (TPSA) is 43.3 Å². The SMILES string of the molecule is C[C@]12CCC3c4ccc([O-])cc4CC[C@H]3C1CC[C@@H]2O. The molecule has 0 radical (unpaired) electrons. The van der Waals surface area contributed by atoms with Gasteiger partial charge in [-0.2, -0.15) is 0 Å². The quantitative estimate of drug-likeness (QED) is 0.788. The summed E-state index contributed by atoms with van der Waals surface area (Å²) in [5.41, 5.74) is 2.88. The first-order valence-electron chi connectivity index (χ1n) is 8.07. The molecule has 4 rings (SSSR count). The van der Waals surface area contributed by atoms with Gasteiger partial charge in [0.15, 0.2) is 0 Å². The molecule has 2 heteroatoms. The van der Waals surface area contributed by atoms with E-state index in [4.69, 9.17) is 0 Å². The highest BCUT2D eigenvalue weighted by molar-refractivity contribution is 5.39. The van der Waals surface area contributed by atoms with Crippen LogP contribution >= 0.6 is 0 Å². The zero-order valence-electron chi connectivity index (χ0n) is 12.1. The van der Waals surface area contributed by atoms with E-state index in [2.05, 4.69) is 13.0 Å². The predicted molar refractivity (Wildman–Crippen MR) is 76.5 cm³/mol. The first-order chi connectivity index (χ1) is 9.59. The molecule has 1 aromatic carbocycles. The van der Waals surface area contributed by atoms with Crippen molar-refractivity contribution in [2.75, 3.05) is 0 Å². The summed E-state index contributed by atoms with van der Waals surface area (Å²) in [6.07, 6.45) is 6.64. The number of hydrogen-bond donors (Lipinski definition) is 1. The van der Waals surface area contributed by atoms with Gasteiger partial charge < -0.3 is 10.2 Å². The van der Waals surface area contributed by atoms with Crippen LogP contribution < -0.4 is 5.11 Å². The Morgan fingerprint density at radius 2 is 2.05 bits per heavy atom. The van der Waals surface area contributed by atoms with Crippen LogP contribution in [0, 0.1) is 17.3 Å². The molecule has 3 aliphatic rings. The third-order valence-electron chi connectivity index (χ3n) is 6.65. The molecule has 0 saturated heterocycles. The standard InChI is InChI=1S/C18H24O2/c1-18-9-8-14-13-5-3-12(19)10-11(13)2-4-15(14)16(18)6-7-17(18)20/h3,5,10,14-17,19-20H,2,4,6-9H2,1H3/p-1/t14?,15-,16?,17+,18+/m1/s1. The van der Waals surface area contributed by atoms with Crippen molar-refractivity contribution in [1.82, 2.24) is 0 Å². The van der Waals surface area contributed by atoms with Crippen molar-refractivity contribution < 1.29 is 10.2 Å². The fraction of sp³-hybridized carbons (Fsp3) is 0.667. The van der Waals surface area contributed by atoms with Crippen LogP contribution in [0.5, 0.6) is 5.75 Å². The molecular weight excluding hydrogens is 248 g/mol. The molecule has 1 N–H and O–H groups in total. The van der Waals surface area contributed by atoms with Crippen LogP contribution in [-0.2, 0) is 6.42 Å². The maximum atomic E-state index is 11.5. The molecular formula is C18H23O2-. The zero-order valence-corrected chi connectivity index (χ0v) is 12.1. The predicted octanol–water partition coefficient (Wildman–Crippen LogP) is 2.98. The lowest BCUT2D eigenvalue weighted by molar-refractivity contribution is -0.268. The summed E-state index contributed by atoms with van der Waals surface area (Å²) >= 11 is 0. The lowest BCUT2D eigenvalue weighted by Crippen LogP contribution is -2.43. The zero-order chi connectivity index (χ0) is 13.9. The van der Waals surface area contributed by atoms with Gasteiger partial charge in [-0.15, -0.1) is 5.75 Å². The number of aliphatic hydroxyl groups is 1. The molecule has 2 fully saturated rings. The molecule has 108 valence electrons. The molecule has 0 amide bonds. The molecule has 0 aromatic heterocycles. The molecule has 1 aromatic rings. The van der Waals surface area contributed by atoms with E-state index < -0.39 is 0 Å². The Bertz CT molecular complexity index is 538. The highest BCUT2D eigenvalue weighted by Crippen LogP contribution is 2.60. The maximum Gasteiger partial charge on any atom is 0.0596 e. The minimum Gasteiger partial charge on any atom is -0.872 e. The van der Waals surface area contributed by atoms with E-state index in [1.807, 2.05) is 6.07 Å². The molecule has 5 atom stereocenters. The van der Waals surface area contributed by atoms with E-state index in [0.29, 0.717) is 11.8 Å². The van der Waals surface area contributed by atoms with Gasteiger partial charge in [0.05, 0.1) is 6.10 Å². The first kappa shape index (κ1) is 12.7. The first-order valence-corrected chi connectivity index (χ1v) is 8.07. The third-order valence-corrected chi connectivity index (χ3v) is 6.65. The molecule has 0 bridgehead atoms. The van der Waals surface area contributed by atoms with Crippen molar-refractivity contribution in [3.05, 3.63) is 29.3 Å². The second kappa shape index (κ2) is 4.24. The average Bonchev–Trinajstić information content (AvgIpc) is 2.74. The van der Waals surface area contributed by atoms with E-state index in [9.17, 15) is 10.2 Å². The summed E-state index contributed by atoms with van der Waals surface area (Å²) < 4.78 is 0. The van der Waals surface area contributed by atoms with E-state index in [-0.39, 0.29) is 17.3 Å². The number of benzene rings is 1. The smallest absolute Gasteiger partial charge is 0.0596 e. The molecule has 20 heavy (non-hydrogen) atoms. The highest BCUT2D eigenvalue weighted by atomic mass is 16.3. The Balaban J connectivity index is 1.71. The second-order valence-electron chi connectivity index (χ2n) is 7.41. The number of aliphatic hydroxyl groups excluding tert-OH is 1. The lowest BCUT2D eigenvalue weighted by Gasteiger charge is -2.50. The van der Waals surface area contributed by atoms with Crippen LogP contribution in [0.25, 0.3) is 0 Å². The molecule has 2 nitrogen and oxygen atoms in total. The van der Waals surface area contributed by atoms with E-state index >= 15 is 0 Å². The van der Waals surface area contributed by atoms with E-state index in [1.54, 1.807) is 6.07 Å². The molecule has 2 unspecified atom stereocenters. The summed E-state index contributed by atoms with van der Waals surface area (Å²) in [5, 5.41) is 21.9. The molecule has 2 saturated carbocycles. The van der Waals surface area contributed by atoms with Gasteiger partial charge in [-0.25, -0.2) is 0 Å². The van der Waals surface area contributed by atoms with Gasteiger partial charge in [-0.05, 0) is 72.8 Å². The van der Waals surface area contributed by atoms with Crippen LogP contribution in [0.4, 0.5) is 0 Å². The number of fused-ring (bicyclic) bond motifs is 5. The van der Waals surface area contributed by atoms with Gasteiger partial charge in [0.2, 0.25) is 0 Å². The Morgan fingerprint density at radius 3 is 2.90 bits per heavy atom. The van der Waals surface area contributed by atoms with Crippen molar-refractivity contribution in [3.63, 3.8) is 0 Å². The van der Waals surface area contributed by atoms with Crippen molar-refractivity contribution in [1.29, 1.82) is 0 Å². The second-order valence-corrected chi connectivity index (χ2v) is 7.41. The van der Waals surface area contributed by atoms with Crippen molar-refractivity contribution in [3.8, 4) is 5.75 Å². The maximum absolute atomic E-state index is 11.5. The Hall–Kier alpha value is -1.02. The highest BCUT2D eigenvalue weighted by Gasteiger charge is 2.54. The minimum absolute atomic E-state index is 0.0983. The summed E-state index contributed by atoms with van der Waals surface area (Å²) in [5.74, 6) is 2.18. The summed E-state index contributed by atoms with van der Waals surface area (Å²) in [4.78, 5) is 0. The normalized spacial score (nSPS) is 42.7. The van der Waals surface area contributed by atoms with E-state index in [1.165, 1.54) is 30.4 Å². The Kier molecular flexibility index (Phi) is 2.69. The van der Waals surface area contributed by atoms with Gasteiger partial charge in [0.1, 0.15) is 0 Å². The van der Waals surface area contributed by atoms with E-state index in [0.717, 1.165) is 25.2 Å². The van der Waals surface area contributed by atoms with Gasteiger partial charge in [0, 0.05) is 0 Å². The van der Waals surface area contributed by atoms with Crippen molar-refractivity contribution in [2.24, 2.45) is 17.3 Å². The number of hydrogen-bond acceptors (Lipinski definition) is 2. The lowest BCUT2D eigenvalue weighted by atomic mass is 9.55. The third kappa shape index (κ3) is 1.60. The summed E-state index contributed by atoms with van der Waals surface area (Å²) in [7, 11) is 0. The van der Waals surface area contributed by atoms with Crippen LogP contribution in [0.3, 0.4) is 0 Å². The molecule has 0 aliphatic heterocycles. The van der Waals surface area contributed by atoms with Gasteiger partial charge in [-0.1, -0.05) is 25.1 Å². The van der Waals surface area contributed by atoms with Gasteiger partial charge >= 0.3 is 0 Å². The van der Waals surface area contributed by atoms with Gasteiger partial charge in [-0.3, -0.25) is 0 Å². The monoisotopic (exact) mass is 271 g/mol. The number of rotatable bonds is 0. The Labute approximate surface area is 120 Å². The summed E-state index contributed by atoms with van der Waals surface area (Å²) in [6.45, 7) is 2.31. The molecule has 3 aliphatic carbocycles. The Morgan fingerprint density at radius 1 is 1.20 bits per heavy atom. The number of aryl methyl sites for hydroxylation is 1.